The zero-order chi connectivity index (χ0) is 20.5. The number of non-ortho nitro benzene ring substituents is 1. The van der Waals surface area contributed by atoms with Crippen molar-refractivity contribution in [1.82, 2.24) is 4.98 Å². The van der Waals surface area contributed by atoms with Crippen molar-refractivity contribution in [3.05, 3.63) is 58.8 Å². The minimum atomic E-state index is -0.845. The molecule has 0 fully saturated rings. The Bertz CT molecular complexity index is 655. The van der Waals surface area contributed by atoms with Gasteiger partial charge in [-0.1, -0.05) is 44.6 Å². The van der Waals surface area contributed by atoms with E-state index in [9.17, 15) is 14.9 Å². The molecule has 0 N–H and O–H groups in total. The number of carbonyl (C=O) groups excluding carboxylic acids is 1. The molecule has 0 bridgehead atoms. The van der Waals surface area contributed by atoms with Crippen LogP contribution in [0.5, 0.6) is 5.75 Å². The van der Waals surface area contributed by atoms with Gasteiger partial charge in [0, 0.05) is 24.1 Å². The molecule has 7 nitrogen and oxygen atoms in total. The van der Waals surface area contributed by atoms with E-state index < -0.39 is 11.1 Å². The van der Waals surface area contributed by atoms with Gasteiger partial charge in [0.05, 0.1) is 4.92 Å². The Labute approximate surface area is 167 Å². The summed E-state index contributed by atoms with van der Waals surface area (Å²) in [5.74, 6) is 0.771. The highest BCUT2D eigenvalue weighted by Crippen LogP contribution is 2.28. The molecule has 1 aromatic heterocycles. The summed E-state index contributed by atoms with van der Waals surface area (Å²) in [4.78, 5) is 25.6. The monoisotopic (exact) mass is 412 g/mol. The maximum absolute atomic E-state index is 11.5. The molecule has 148 valence electrons. The van der Waals surface area contributed by atoms with Gasteiger partial charge in [0.2, 0.25) is 0 Å². The van der Waals surface area contributed by atoms with Crippen molar-refractivity contribution in [2.24, 2.45) is 0 Å². The molecule has 0 amide bonds. The Balaban J connectivity index is 0.00000158. The molecular weight excluding hydrogens is 388 g/mol. The Morgan fingerprint density at radius 1 is 1.11 bits per heavy atom. The van der Waals surface area contributed by atoms with Crippen LogP contribution in [0.15, 0.2) is 53.7 Å². The van der Waals surface area contributed by atoms with Crippen LogP contribution < -0.4 is 4.74 Å². The van der Waals surface area contributed by atoms with Gasteiger partial charge in [-0.2, -0.15) is 0 Å². The van der Waals surface area contributed by atoms with Crippen LogP contribution >= 0.6 is 21.6 Å². The second-order valence-corrected chi connectivity index (χ2v) is 6.46. The van der Waals surface area contributed by atoms with Crippen LogP contribution in [0.25, 0.3) is 0 Å². The lowest BCUT2D eigenvalue weighted by molar-refractivity contribution is -0.384. The topological polar surface area (TPSA) is 91.6 Å². The van der Waals surface area contributed by atoms with E-state index in [-0.39, 0.29) is 18.0 Å². The summed E-state index contributed by atoms with van der Waals surface area (Å²) in [7, 11) is 3.00. The van der Waals surface area contributed by atoms with Gasteiger partial charge >= 0.3 is 6.16 Å². The van der Waals surface area contributed by atoms with Crippen molar-refractivity contribution in [3.8, 4) is 5.75 Å². The number of nitro benzene ring substituents is 1. The SMILES string of the molecule is CC.CC.O=C(OCCSSc1ccccn1)Oc1ccc([N+](=O)[O-])cc1. The lowest BCUT2D eigenvalue weighted by Gasteiger charge is -2.05. The first kappa shape index (κ1) is 24.7. The molecule has 0 unspecified atom stereocenters. The number of nitro groups is 1. The Kier molecular flexibility index (Phi) is 14.6. The van der Waals surface area contributed by atoms with Gasteiger partial charge in [0.15, 0.2) is 0 Å². The lowest BCUT2D eigenvalue weighted by Crippen LogP contribution is -2.12. The van der Waals surface area contributed by atoms with E-state index in [4.69, 9.17) is 9.47 Å². The van der Waals surface area contributed by atoms with E-state index in [2.05, 4.69) is 4.98 Å². The highest BCUT2D eigenvalue weighted by Gasteiger charge is 2.09. The quantitative estimate of drug-likeness (QED) is 0.137. The molecule has 1 heterocycles. The van der Waals surface area contributed by atoms with Crippen LogP contribution in [-0.4, -0.2) is 28.4 Å². The maximum Gasteiger partial charge on any atom is 0.513 e. The van der Waals surface area contributed by atoms with Crippen LogP contribution in [-0.2, 0) is 4.74 Å². The normalized spacial score (nSPS) is 9.04. The third-order valence-corrected chi connectivity index (χ3v) is 4.65. The van der Waals surface area contributed by atoms with Crippen LogP contribution in [0.3, 0.4) is 0 Å². The average Bonchev–Trinajstić information content (AvgIpc) is 2.72. The lowest BCUT2D eigenvalue weighted by atomic mass is 10.3. The van der Waals surface area contributed by atoms with Crippen molar-refractivity contribution in [2.45, 2.75) is 32.7 Å². The molecule has 0 saturated heterocycles. The average molecular weight is 413 g/mol. The number of hydrogen-bond acceptors (Lipinski definition) is 8. The van der Waals surface area contributed by atoms with Crippen LogP contribution in [0.2, 0.25) is 0 Å². The van der Waals surface area contributed by atoms with E-state index in [1.54, 1.807) is 6.20 Å². The van der Waals surface area contributed by atoms with Crippen molar-refractivity contribution in [3.63, 3.8) is 0 Å². The molecule has 0 aliphatic heterocycles. The van der Waals surface area contributed by atoms with E-state index >= 15 is 0 Å². The molecule has 0 radical (unpaired) electrons. The van der Waals surface area contributed by atoms with Gasteiger partial charge < -0.3 is 9.47 Å². The summed E-state index contributed by atoms with van der Waals surface area (Å²) >= 11 is 0. The summed E-state index contributed by atoms with van der Waals surface area (Å²) in [6, 6.07) is 10.8. The molecule has 1 aromatic carbocycles. The Morgan fingerprint density at radius 2 is 1.78 bits per heavy atom. The predicted octanol–water partition coefficient (Wildman–Crippen LogP) is 6.00. The number of nitrogens with zero attached hydrogens (tertiary/aromatic N) is 2. The predicted molar refractivity (Wildman–Crippen MR) is 110 cm³/mol. The summed E-state index contributed by atoms with van der Waals surface area (Å²) < 4.78 is 9.81. The molecular formula is C18H24N2O5S2. The summed E-state index contributed by atoms with van der Waals surface area (Å²) in [5.41, 5.74) is -0.0753. The maximum atomic E-state index is 11.5. The van der Waals surface area contributed by atoms with Gasteiger partial charge in [-0.15, -0.1) is 0 Å². The molecule has 27 heavy (non-hydrogen) atoms. The first-order valence-electron chi connectivity index (χ1n) is 8.45. The molecule has 9 heteroatoms. The van der Waals surface area contributed by atoms with E-state index in [0.717, 1.165) is 5.03 Å². The number of aromatic nitrogens is 1. The molecule has 0 aliphatic rings. The van der Waals surface area contributed by atoms with Crippen LogP contribution in [0, 0.1) is 10.1 Å². The highest BCUT2D eigenvalue weighted by atomic mass is 33.1. The fraction of sp³-hybridized carbons (Fsp3) is 0.333. The number of carbonyl (C=O) groups is 1. The molecule has 0 atom stereocenters. The first-order valence-corrected chi connectivity index (χ1v) is 10.8. The molecule has 0 spiro atoms. The van der Waals surface area contributed by atoms with E-state index in [1.807, 2.05) is 45.9 Å². The standard InChI is InChI=1S/C14H12N2O5S2.2C2H6/c17-14(21-12-6-4-11(5-7-12)16(18)19)20-9-10-22-23-13-3-1-2-8-15-13;2*1-2/h1-8H,9-10H2;2*1-2H3. The third-order valence-electron chi connectivity index (χ3n) is 2.42. The number of pyridine rings is 1. The van der Waals surface area contributed by atoms with E-state index in [1.165, 1.54) is 45.9 Å². The van der Waals surface area contributed by atoms with Gasteiger partial charge in [0.1, 0.15) is 17.4 Å². The number of ether oxygens (including phenoxy) is 2. The summed E-state index contributed by atoms with van der Waals surface area (Å²) in [5, 5.41) is 11.4. The second kappa shape index (κ2) is 16.0. The van der Waals surface area contributed by atoms with Crippen LogP contribution in [0.4, 0.5) is 10.5 Å². The van der Waals surface area contributed by atoms with Crippen molar-refractivity contribution >= 4 is 33.4 Å². The fourth-order valence-electron chi connectivity index (χ4n) is 1.42. The zero-order valence-electron chi connectivity index (χ0n) is 15.8. The Hall–Kier alpha value is -2.26. The molecule has 2 rings (SSSR count). The van der Waals surface area contributed by atoms with Gasteiger partial charge in [-0.25, -0.2) is 9.78 Å². The van der Waals surface area contributed by atoms with Crippen LogP contribution in [0.1, 0.15) is 27.7 Å². The van der Waals surface area contributed by atoms with Crippen molar-refractivity contribution < 1.29 is 19.2 Å². The minimum absolute atomic E-state index is 0.0753. The minimum Gasteiger partial charge on any atom is -0.433 e. The van der Waals surface area contributed by atoms with Crippen molar-refractivity contribution in [1.29, 1.82) is 0 Å². The molecule has 0 aliphatic carbocycles. The summed E-state index contributed by atoms with van der Waals surface area (Å²) in [6.07, 6.45) is 0.864. The highest BCUT2D eigenvalue weighted by molar-refractivity contribution is 8.76. The largest absolute Gasteiger partial charge is 0.513 e. The van der Waals surface area contributed by atoms with Gasteiger partial charge in [-0.3, -0.25) is 10.1 Å². The zero-order valence-corrected chi connectivity index (χ0v) is 17.4. The summed E-state index contributed by atoms with van der Waals surface area (Å²) in [6.45, 7) is 8.19. The first-order chi connectivity index (χ1) is 13.1. The van der Waals surface area contributed by atoms with Crippen molar-refractivity contribution in [2.75, 3.05) is 12.4 Å². The number of rotatable bonds is 7. The molecule has 0 saturated carbocycles. The number of hydrogen-bond donors (Lipinski definition) is 0. The van der Waals surface area contributed by atoms with Gasteiger partial charge in [-0.05, 0) is 35.1 Å². The Morgan fingerprint density at radius 3 is 2.33 bits per heavy atom. The number of benzene rings is 1. The van der Waals surface area contributed by atoms with E-state index in [0.29, 0.717) is 5.75 Å². The fourth-order valence-corrected chi connectivity index (χ4v) is 3.12. The third kappa shape index (κ3) is 11.1. The second-order valence-electron chi connectivity index (χ2n) is 4.02. The molecule has 2 aromatic rings. The van der Waals surface area contributed by atoms with Gasteiger partial charge in [0.25, 0.3) is 5.69 Å². The smallest absolute Gasteiger partial charge is 0.433 e.